The van der Waals surface area contributed by atoms with Gasteiger partial charge in [-0.05, 0) is 39.5 Å². The van der Waals surface area contributed by atoms with Crippen molar-refractivity contribution in [2.24, 2.45) is 22.2 Å². The van der Waals surface area contributed by atoms with Gasteiger partial charge in [0.15, 0.2) is 5.96 Å². The van der Waals surface area contributed by atoms with Crippen LogP contribution in [0.2, 0.25) is 0 Å². The molecule has 12 heteroatoms. The zero-order valence-corrected chi connectivity index (χ0v) is 16.8. The van der Waals surface area contributed by atoms with Crippen LogP contribution >= 0.6 is 0 Å². The van der Waals surface area contributed by atoms with Crippen molar-refractivity contribution in [1.82, 2.24) is 15.5 Å². The Hall–Kier alpha value is -2.89. The van der Waals surface area contributed by atoms with Gasteiger partial charge in [-0.25, -0.2) is 4.79 Å². The zero-order valence-electron chi connectivity index (χ0n) is 16.8. The largest absolute Gasteiger partial charge is 0.480 e. The Morgan fingerprint density at radius 3 is 2.34 bits per heavy atom. The lowest BCUT2D eigenvalue weighted by atomic mass is 10.1. The average molecular weight is 413 g/mol. The van der Waals surface area contributed by atoms with Gasteiger partial charge in [0.1, 0.15) is 18.1 Å². The molecule has 1 aliphatic rings. The molecule has 3 amide bonds. The van der Waals surface area contributed by atoms with E-state index in [4.69, 9.17) is 17.2 Å². The van der Waals surface area contributed by atoms with E-state index in [1.807, 2.05) is 0 Å². The molecule has 0 spiro atoms. The van der Waals surface area contributed by atoms with Gasteiger partial charge in [0.25, 0.3) is 0 Å². The van der Waals surface area contributed by atoms with Crippen molar-refractivity contribution in [3.8, 4) is 0 Å². The molecule has 0 radical (unpaired) electrons. The minimum Gasteiger partial charge on any atom is -0.480 e. The van der Waals surface area contributed by atoms with E-state index in [2.05, 4.69) is 15.6 Å². The van der Waals surface area contributed by atoms with E-state index in [9.17, 15) is 24.3 Å². The Bertz CT molecular complexity index is 650. The number of carboxylic acids is 1. The first-order chi connectivity index (χ1) is 13.5. The summed E-state index contributed by atoms with van der Waals surface area (Å²) in [4.78, 5) is 53.1. The fraction of sp³-hybridized carbons (Fsp3) is 0.706. The number of nitrogens with one attached hydrogen (secondary N) is 2. The number of rotatable bonds is 10. The summed E-state index contributed by atoms with van der Waals surface area (Å²) in [5.74, 6) is -2.66. The maximum Gasteiger partial charge on any atom is 0.326 e. The molecule has 0 aromatic heterocycles. The second kappa shape index (κ2) is 11.2. The summed E-state index contributed by atoms with van der Waals surface area (Å²) in [6, 6.07) is -3.55. The standard InChI is InChI=1S/C17H31N7O5/c1-9(22-14(26)11(18)5-3-7-21-17(19)20)13(25)23-10(2)15(27)24-8-4-6-12(24)16(28)29/h9-12H,3-8,18H2,1-2H3,(H,22,26)(H,23,25)(H,28,29)(H4,19,20,21). The molecular weight excluding hydrogens is 382 g/mol. The maximum absolute atomic E-state index is 12.5. The number of aliphatic imine (C=N–C) groups is 1. The normalized spacial score (nSPS) is 19.0. The van der Waals surface area contributed by atoms with Gasteiger partial charge in [0.2, 0.25) is 17.7 Å². The van der Waals surface area contributed by atoms with Crippen LogP contribution in [0.5, 0.6) is 0 Å². The van der Waals surface area contributed by atoms with E-state index < -0.39 is 47.9 Å². The number of carboxylic acid groups (broad SMARTS) is 1. The maximum atomic E-state index is 12.5. The van der Waals surface area contributed by atoms with Crippen molar-refractivity contribution in [1.29, 1.82) is 0 Å². The Labute approximate surface area is 169 Å². The number of aliphatic carboxylic acids is 1. The molecule has 1 saturated heterocycles. The van der Waals surface area contributed by atoms with E-state index in [0.717, 1.165) is 0 Å². The van der Waals surface area contributed by atoms with Gasteiger partial charge in [-0.2, -0.15) is 0 Å². The second-order valence-corrected chi connectivity index (χ2v) is 7.04. The molecule has 0 bridgehead atoms. The van der Waals surface area contributed by atoms with Crippen LogP contribution in [0, 0.1) is 0 Å². The summed E-state index contributed by atoms with van der Waals surface area (Å²) in [7, 11) is 0. The fourth-order valence-electron chi connectivity index (χ4n) is 2.97. The first-order valence-corrected chi connectivity index (χ1v) is 9.49. The number of hydrogen-bond acceptors (Lipinski definition) is 6. The molecule has 29 heavy (non-hydrogen) atoms. The third-order valence-corrected chi connectivity index (χ3v) is 4.61. The molecule has 4 unspecified atom stereocenters. The highest BCUT2D eigenvalue weighted by Gasteiger charge is 2.36. The fourth-order valence-corrected chi connectivity index (χ4v) is 2.97. The van der Waals surface area contributed by atoms with E-state index in [-0.39, 0.29) is 5.96 Å². The monoisotopic (exact) mass is 413 g/mol. The average Bonchev–Trinajstić information content (AvgIpc) is 3.13. The predicted molar refractivity (Wildman–Crippen MR) is 105 cm³/mol. The number of guanidine groups is 1. The Morgan fingerprint density at radius 1 is 1.14 bits per heavy atom. The highest BCUT2D eigenvalue weighted by molar-refractivity contribution is 5.93. The van der Waals surface area contributed by atoms with Gasteiger partial charge in [-0.15, -0.1) is 0 Å². The van der Waals surface area contributed by atoms with Gasteiger partial charge in [-0.3, -0.25) is 19.4 Å². The first-order valence-electron chi connectivity index (χ1n) is 9.49. The number of nitrogens with two attached hydrogens (primary N) is 3. The van der Waals surface area contributed by atoms with Gasteiger partial charge >= 0.3 is 5.97 Å². The van der Waals surface area contributed by atoms with E-state index in [1.54, 1.807) is 0 Å². The molecule has 164 valence electrons. The van der Waals surface area contributed by atoms with Crippen LogP contribution in [-0.4, -0.2) is 76.9 Å². The van der Waals surface area contributed by atoms with Crippen molar-refractivity contribution in [2.45, 2.75) is 63.7 Å². The highest BCUT2D eigenvalue weighted by atomic mass is 16.4. The van der Waals surface area contributed by atoms with E-state index in [1.165, 1.54) is 18.7 Å². The molecule has 12 nitrogen and oxygen atoms in total. The minimum atomic E-state index is -1.07. The second-order valence-electron chi connectivity index (χ2n) is 7.04. The summed E-state index contributed by atoms with van der Waals surface area (Å²) in [5.41, 5.74) is 16.2. The van der Waals surface area contributed by atoms with Crippen molar-refractivity contribution in [3.63, 3.8) is 0 Å². The van der Waals surface area contributed by atoms with Gasteiger partial charge < -0.3 is 37.8 Å². The number of carbonyl (C=O) groups excluding carboxylic acids is 3. The summed E-state index contributed by atoms with van der Waals surface area (Å²) in [6.45, 7) is 3.61. The van der Waals surface area contributed by atoms with Gasteiger partial charge in [0.05, 0.1) is 6.04 Å². The Balaban J connectivity index is 2.48. The summed E-state index contributed by atoms with van der Waals surface area (Å²) < 4.78 is 0. The molecule has 0 aliphatic carbocycles. The topological polar surface area (TPSA) is 206 Å². The summed E-state index contributed by atoms with van der Waals surface area (Å²) in [6.07, 6.45) is 1.81. The molecule has 1 heterocycles. The van der Waals surface area contributed by atoms with Gasteiger partial charge in [0, 0.05) is 13.1 Å². The first kappa shape index (κ1) is 24.1. The van der Waals surface area contributed by atoms with E-state index in [0.29, 0.717) is 38.8 Å². The lowest BCUT2D eigenvalue weighted by molar-refractivity contribution is -0.149. The lowest BCUT2D eigenvalue weighted by Gasteiger charge is -2.26. The lowest BCUT2D eigenvalue weighted by Crippen LogP contribution is -2.55. The van der Waals surface area contributed by atoms with Crippen LogP contribution in [0.25, 0.3) is 0 Å². The Kier molecular flexibility index (Phi) is 9.32. The molecular formula is C17H31N7O5. The van der Waals surface area contributed by atoms with Crippen LogP contribution in [0.1, 0.15) is 39.5 Å². The summed E-state index contributed by atoms with van der Waals surface area (Å²) >= 11 is 0. The highest BCUT2D eigenvalue weighted by Crippen LogP contribution is 2.18. The molecule has 4 atom stereocenters. The van der Waals surface area contributed by atoms with Crippen LogP contribution in [0.15, 0.2) is 4.99 Å². The number of likely N-dealkylation sites (tertiary alicyclic amines) is 1. The minimum absolute atomic E-state index is 0.0411. The number of hydrogen-bond donors (Lipinski definition) is 6. The van der Waals surface area contributed by atoms with Crippen molar-refractivity contribution >= 4 is 29.7 Å². The number of carbonyl (C=O) groups is 4. The zero-order chi connectivity index (χ0) is 22.1. The van der Waals surface area contributed by atoms with Gasteiger partial charge in [-0.1, -0.05) is 0 Å². The SMILES string of the molecule is CC(NC(=O)C(N)CCCN=C(N)N)C(=O)NC(C)C(=O)N1CCCC1C(=O)O. The number of amides is 3. The van der Waals surface area contributed by atoms with Crippen molar-refractivity contribution in [2.75, 3.05) is 13.1 Å². The van der Waals surface area contributed by atoms with Crippen molar-refractivity contribution < 1.29 is 24.3 Å². The Morgan fingerprint density at radius 2 is 1.76 bits per heavy atom. The predicted octanol–water partition coefficient (Wildman–Crippen LogP) is -2.55. The quantitative estimate of drug-likeness (QED) is 0.127. The molecule has 1 rings (SSSR count). The molecule has 0 aromatic rings. The van der Waals surface area contributed by atoms with E-state index >= 15 is 0 Å². The molecule has 1 aliphatic heterocycles. The third kappa shape index (κ3) is 7.56. The van der Waals surface area contributed by atoms with Crippen LogP contribution in [-0.2, 0) is 19.2 Å². The van der Waals surface area contributed by atoms with Crippen LogP contribution < -0.4 is 27.8 Å². The van der Waals surface area contributed by atoms with Crippen molar-refractivity contribution in [3.05, 3.63) is 0 Å². The molecule has 9 N–H and O–H groups in total. The molecule has 1 fully saturated rings. The third-order valence-electron chi connectivity index (χ3n) is 4.61. The molecule has 0 saturated carbocycles. The van der Waals surface area contributed by atoms with Crippen LogP contribution in [0.4, 0.5) is 0 Å². The number of nitrogens with zero attached hydrogens (tertiary/aromatic N) is 2. The van der Waals surface area contributed by atoms with Crippen LogP contribution in [0.3, 0.4) is 0 Å². The molecule has 0 aromatic carbocycles. The smallest absolute Gasteiger partial charge is 0.326 e. The summed E-state index contributed by atoms with van der Waals surface area (Å²) in [5, 5.41) is 14.2.